The highest BCUT2D eigenvalue weighted by Gasteiger charge is 2.02. The lowest BCUT2D eigenvalue weighted by atomic mass is 10.1. The van der Waals surface area contributed by atoms with Gasteiger partial charge >= 0.3 is 0 Å². The largest absolute Gasteiger partial charge is 0.508 e. The van der Waals surface area contributed by atoms with Crippen molar-refractivity contribution in [2.75, 3.05) is 12.8 Å². The number of phenols is 1. The molecule has 2 aromatic rings. The molecule has 0 heterocycles. The topological polar surface area (TPSA) is 49.5 Å². The second-order valence-electron chi connectivity index (χ2n) is 4.58. The van der Waals surface area contributed by atoms with E-state index in [9.17, 15) is 5.11 Å². The molecule has 0 saturated carbocycles. The highest BCUT2D eigenvalue weighted by Crippen LogP contribution is 2.13. The number of aromatic hydroxyl groups is 1. The van der Waals surface area contributed by atoms with E-state index < -0.39 is 0 Å². The number of hydrogen-bond donors (Lipinski definition) is 2. The Bertz CT molecular complexity index is 508. The number of hydrogen-bond acceptors (Lipinski definition) is 3. The molecule has 0 aliphatic heterocycles. The second-order valence-corrected chi connectivity index (χ2v) is 4.58. The molecular formula is C15H18N2O. The monoisotopic (exact) mass is 242 g/mol. The lowest BCUT2D eigenvalue weighted by Crippen LogP contribution is -2.17. The van der Waals surface area contributed by atoms with Crippen LogP contribution in [0.15, 0.2) is 48.5 Å². The van der Waals surface area contributed by atoms with Crippen molar-refractivity contribution in [2.45, 2.75) is 13.1 Å². The van der Waals surface area contributed by atoms with Crippen molar-refractivity contribution in [1.82, 2.24) is 4.90 Å². The zero-order valence-corrected chi connectivity index (χ0v) is 10.5. The Balaban J connectivity index is 1.96. The van der Waals surface area contributed by atoms with Crippen LogP contribution >= 0.6 is 0 Å². The van der Waals surface area contributed by atoms with Crippen LogP contribution in [0.5, 0.6) is 5.75 Å². The van der Waals surface area contributed by atoms with Crippen LogP contribution in [0, 0.1) is 0 Å². The molecule has 0 aromatic heterocycles. The van der Waals surface area contributed by atoms with Crippen LogP contribution in [0.25, 0.3) is 0 Å². The number of nitrogens with zero attached hydrogens (tertiary/aromatic N) is 1. The first kappa shape index (κ1) is 12.5. The van der Waals surface area contributed by atoms with Gasteiger partial charge in [0.05, 0.1) is 0 Å². The molecule has 3 N–H and O–H groups in total. The van der Waals surface area contributed by atoms with Crippen LogP contribution in [0.3, 0.4) is 0 Å². The van der Waals surface area contributed by atoms with E-state index in [0.717, 1.165) is 18.8 Å². The second kappa shape index (κ2) is 5.56. The Labute approximate surface area is 107 Å². The molecule has 0 spiro atoms. The molecule has 2 rings (SSSR count). The van der Waals surface area contributed by atoms with Gasteiger partial charge in [0.15, 0.2) is 0 Å². The highest BCUT2D eigenvalue weighted by molar-refractivity contribution is 5.40. The predicted molar refractivity (Wildman–Crippen MR) is 74.1 cm³/mol. The summed E-state index contributed by atoms with van der Waals surface area (Å²) in [7, 11) is 2.07. The van der Waals surface area contributed by atoms with Gasteiger partial charge in [-0.25, -0.2) is 0 Å². The predicted octanol–water partition coefficient (Wildman–Crippen LogP) is 2.61. The first-order valence-corrected chi connectivity index (χ1v) is 5.94. The summed E-state index contributed by atoms with van der Waals surface area (Å²) in [6.45, 7) is 1.70. The third-order valence-electron chi connectivity index (χ3n) is 2.79. The van der Waals surface area contributed by atoms with Crippen molar-refractivity contribution in [2.24, 2.45) is 0 Å². The zero-order chi connectivity index (χ0) is 13.0. The van der Waals surface area contributed by atoms with Gasteiger partial charge in [-0.05, 0) is 42.4 Å². The Morgan fingerprint density at radius 2 is 1.67 bits per heavy atom. The summed E-state index contributed by atoms with van der Waals surface area (Å²) >= 11 is 0. The maximum absolute atomic E-state index is 9.23. The van der Waals surface area contributed by atoms with Crippen molar-refractivity contribution >= 4 is 5.69 Å². The lowest BCUT2D eigenvalue weighted by molar-refractivity contribution is 0.319. The summed E-state index contributed by atoms with van der Waals surface area (Å²) in [6.07, 6.45) is 0. The number of anilines is 1. The third-order valence-corrected chi connectivity index (χ3v) is 2.79. The standard InChI is InChI=1S/C15H18N2O/c1-17(10-12-5-7-15(18)8-6-12)11-13-3-2-4-14(16)9-13/h2-9,18H,10-11,16H2,1H3. The van der Waals surface area contributed by atoms with E-state index in [0.29, 0.717) is 5.75 Å². The van der Waals surface area contributed by atoms with Gasteiger partial charge in [0.2, 0.25) is 0 Å². The van der Waals surface area contributed by atoms with E-state index in [2.05, 4.69) is 18.0 Å². The molecule has 0 bridgehead atoms. The molecule has 2 aromatic carbocycles. The van der Waals surface area contributed by atoms with Gasteiger partial charge < -0.3 is 10.8 Å². The van der Waals surface area contributed by atoms with E-state index in [1.807, 2.05) is 30.3 Å². The van der Waals surface area contributed by atoms with E-state index in [1.54, 1.807) is 12.1 Å². The minimum Gasteiger partial charge on any atom is -0.508 e. The average molecular weight is 242 g/mol. The summed E-state index contributed by atoms with van der Waals surface area (Å²) in [5.41, 5.74) is 8.94. The van der Waals surface area contributed by atoms with Gasteiger partial charge in [-0.1, -0.05) is 24.3 Å². The van der Waals surface area contributed by atoms with Gasteiger partial charge in [0.25, 0.3) is 0 Å². The molecule has 3 nitrogen and oxygen atoms in total. The van der Waals surface area contributed by atoms with E-state index in [4.69, 9.17) is 5.73 Å². The third kappa shape index (κ3) is 3.50. The SMILES string of the molecule is CN(Cc1ccc(O)cc1)Cc1cccc(N)c1. The van der Waals surface area contributed by atoms with Crippen molar-refractivity contribution in [3.05, 3.63) is 59.7 Å². The van der Waals surface area contributed by atoms with Crippen LogP contribution in [0.4, 0.5) is 5.69 Å². The molecule has 18 heavy (non-hydrogen) atoms. The smallest absolute Gasteiger partial charge is 0.115 e. The molecule has 0 aliphatic rings. The normalized spacial score (nSPS) is 10.8. The van der Waals surface area contributed by atoms with Crippen LogP contribution < -0.4 is 5.73 Å². The Morgan fingerprint density at radius 1 is 1.00 bits per heavy atom. The van der Waals surface area contributed by atoms with E-state index in [-0.39, 0.29) is 0 Å². The Morgan fingerprint density at radius 3 is 2.33 bits per heavy atom. The van der Waals surface area contributed by atoms with Gasteiger partial charge in [-0.3, -0.25) is 4.90 Å². The van der Waals surface area contributed by atoms with Gasteiger partial charge in [0, 0.05) is 18.8 Å². The van der Waals surface area contributed by atoms with Gasteiger partial charge in [-0.15, -0.1) is 0 Å². The van der Waals surface area contributed by atoms with Crippen LogP contribution in [0.2, 0.25) is 0 Å². The fourth-order valence-corrected chi connectivity index (χ4v) is 1.97. The minimum absolute atomic E-state index is 0.303. The van der Waals surface area contributed by atoms with Crippen LogP contribution in [0.1, 0.15) is 11.1 Å². The first-order chi connectivity index (χ1) is 8.63. The number of phenolic OH excluding ortho intramolecular Hbond substituents is 1. The summed E-state index contributed by atoms with van der Waals surface area (Å²) in [5.74, 6) is 0.303. The van der Waals surface area contributed by atoms with E-state index >= 15 is 0 Å². The molecule has 0 saturated heterocycles. The van der Waals surface area contributed by atoms with Crippen LogP contribution in [-0.4, -0.2) is 17.1 Å². The van der Waals surface area contributed by atoms with Gasteiger partial charge in [0.1, 0.15) is 5.75 Å². The molecule has 0 atom stereocenters. The molecule has 0 unspecified atom stereocenters. The molecule has 0 fully saturated rings. The van der Waals surface area contributed by atoms with Crippen LogP contribution in [-0.2, 0) is 13.1 Å². The molecule has 0 aliphatic carbocycles. The maximum atomic E-state index is 9.23. The number of benzene rings is 2. The fourth-order valence-electron chi connectivity index (χ4n) is 1.97. The first-order valence-electron chi connectivity index (χ1n) is 5.94. The average Bonchev–Trinajstić information content (AvgIpc) is 2.32. The van der Waals surface area contributed by atoms with Crippen molar-refractivity contribution < 1.29 is 5.11 Å². The number of rotatable bonds is 4. The molecule has 3 heteroatoms. The van der Waals surface area contributed by atoms with Crippen molar-refractivity contribution in [1.29, 1.82) is 0 Å². The lowest BCUT2D eigenvalue weighted by Gasteiger charge is -2.17. The van der Waals surface area contributed by atoms with E-state index in [1.165, 1.54) is 11.1 Å². The zero-order valence-electron chi connectivity index (χ0n) is 10.5. The summed E-state index contributed by atoms with van der Waals surface area (Å²) < 4.78 is 0. The highest BCUT2D eigenvalue weighted by atomic mass is 16.3. The Hall–Kier alpha value is -2.00. The summed E-state index contributed by atoms with van der Waals surface area (Å²) in [4.78, 5) is 2.21. The Kier molecular flexibility index (Phi) is 3.85. The minimum atomic E-state index is 0.303. The van der Waals surface area contributed by atoms with Gasteiger partial charge in [-0.2, -0.15) is 0 Å². The quantitative estimate of drug-likeness (QED) is 0.810. The van der Waals surface area contributed by atoms with Crippen molar-refractivity contribution in [3.8, 4) is 5.75 Å². The molecular weight excluding hydrogens is 224 g/mol. The summed E-state index contributed by atoms with van der Waals surface area (Å²) in [5, 5.41) is 9.23. The molecule has 94 valence electrons. The van der Waals surface area contributed by atoms with Crippen molar-refractivity contribution in [3.63, 3.8) is 0 Å². The number of nitrogen functional groups attached to an aromatic ring is 1. The fraction of sp³-hybridized carbons (Fsp3) is 0.200. The molecule has 0 amide bonds. The summed E-state index contributed by atoms with van der Waals surface area (Å²) in [6, 6.07) is 15.2. The molecule has 0 radical (unpaired) electrons. The number of nitrogens with two attached hydrogens (primary N) is 1. The maximum Gasteiger partial charge on any atom is 0.115 e.